The molecule has 0 radical (unpaired) electrons. The number of aryl methyl sites for hydroxylation is 1. The summed E-state index contributed by atoms with van der Waals surface area (Å²) in [6.45, 7) is 2.65. The average molecular weight is 272 g/mol. The fraction of sp³-hybridized carbons (Fsp3) is 0.357. The van der Waals surface area contributed by atoms with Gasteiger partial charge in [0.05, 0.1) is 17.3 Å². The highest BCUT2D eigenvalue weighted by molar-refractivity contribution is 5.98. The van der Waals surface area contributed by atoms with E-state index in [2.05, 4.69) is 20.8 Å². The number of nitrogens with one attached hydrogen (secondary N) is 2. The molecule has 1 atom stereocenters. The van der Waals surface area contributed by atoms with Gasteiger partial charge in [-0.2, -0.15) is 4.98 Å². The van der Waals surface area contributed by atoms with E-state index in [0.717, 1.165) is 24.9 Å². The number of anilines is 1. The van der Waals surface area contributed by atoms with Crippen molar-refractivity contribution >= 4 is 11.6 Å². The molecule has 1 fully saturated rings. The summed E-state index contributed by atoms with van der Waals surface area (Å²) in [5, 5.41) is 9.89. The first-order chi connectivity index (χ1) is 9.74. The Balaban J connectivity index is 1.84. The van der Waals surface area contributed by atoms with Gasteiger partial charge in [-0.05, 0) is 38.4 Å². The molecular formula is C14H16N4O2. The van der Waals surface area contributed by atoms with Gasteiger partial charge in [0.1, 0.15) is 0 Å². The van der Waals surface area contributed by atoms with Crippen molar-refractivity contribution in [3.05, 3.63) is 30.1 Å². The molecule has 1 unspecified atom stereocenters. The largest absolute Gasteiger partial charge is 0.334 e. The van der Waals surface area contributed by atoms with Gasteiger partial charge in [0.2, 0.25) is 5.91 Å². The number of carbonyl (C=O) groups is 1. The number of para-hydroxylation sites is 1. The summed E-state index contributed by atoms with van der Waals surface area (Å²) in [7, 11) is 0. The van der Waals surface area contributed by atoms with Crippen molar-refractivity contribution in [2.45, 2.75) is 25.8 Å². The van der Waals surface area contributed by atoms with Gasteiger partial charge < -0.3 is 15.2 Å². The zero-order valence-electron chi connectivity index (χ0n) is 11.2. The molecular weight excluding hydrogens is 256 g/mol. The van der Waals surface area contributed by atoms with Crippen molar-refractivity contribution in [1.29, 1.82) is 0 Å². The van der Waals surface area contributed by atoms with Crippen LogP contribution in [0.2, 0.25) is 0 Å². The molecule has 1 amide bonds. The highest BCUT2D eigenvalue weighted by Crippen LogP contribution is 2.26. The minimum Gasteiger partial charge on any atom is -0.334 e. The van der Waals surface area contributed by atoms with E-state index in [0.29, 0.717) is 17.4 Å². The number of amides is 1. The number of hydrogen-bond donors (Lipinski definition) is 2. The van der Waals surface area contributed by atoms with Crippen molar-refractivity contribution < 1.29 is 9.32 Å². The van der Waals surface area contributed by atoms with Gasteiger partial charge in [-0.3, -0.25) is 4.79 Å². The number of benzene rings is 1. The fourth-order valence-corrected chi connectivity index (χ4v) is 2.31. The van der Waals surface area contributed by atoms with Crippen LogP contribution in [-0.4, -0.2) is 28.6 Å². The Labute approximate surface area is 116 Å². The summed E-state index contributed by atoms with van der Waals surface area (Å²) in [4.78, 5) is 16.4. The topological polar surface area (TPSA) is 80.0 Å². The summed E-state index contributed by atoms with van der Waals surface area (Å²) in [6, 6.07) is 7.31. The molecule has 1 aliphatic heterocycles. The lowest BCUT2D eigenvalue weighted by Crippen LogP contribution is -2.35. The van der Waals surface area contributed by atoms with E-state index in [9.17, 15) is 4.79 Å². The number of aromatic nitrogens is 2. The second kappa shape index (κ2) is 5.42. The van der Waals surface area contributed by atoms with Crippen molar-refractivity contribution in [3.8, 4) is 11.5 Å². The van der Waals surface area contributed by atoms with Gasteiger partial charge in [0.15, 0.2) is 5.82 Å². The molecule has 1 aromatic carbocycles. The highest BCUT2D eigenvalue weighted by atomic mass is 16.5. The van der Waals surface area contributed by atoms with Crippen LogP contribution >= 0.6 is 0 Å². The third-order valence-corrected chi connectivity index (χ3v) is 3.32. The fourth-order valence-electron chi connectivity index (χ4n) is 2.31. The SMILES string of the molecule is Cc1noc(-c2ccccc2NC(=O)C2CCCN2)n1. The quantitative estimate of drug-likeness (QED) is 0.889. The molecule has 0 saturated carbocycles. The van der Waals surface area contributed by atoms with E-state index in [-0.39, 0.29) is 11.9 Å². The predicted molar refractivity (Wildman–Crippen MR) is 74.1 cm³/mol. The monoisotopic (exact) mass is 272 g/mol. The smallest absolute Gasteiger partial charge is 0.260 e. The molecule has 0 aliphatic carbocycles. The van der Waals surface area contributed by atoms with E-state index < -0.39 is 0 Å². The first kappa shape index (κ1) is 12.8. The molecule has 2 N–H and O–H groups in total. The van der Waals surface area contributed by atoms with Gasteiger partial charge in [0.25, 0.3) is 5.89 Å². The molecule has 20 heavy (non-hydrogen) atoms. The normalized spacial score (nSPS) is 18.1. The lowest BCUT2D eigenvalue weighted by molar-refractivity contribution is -0.117. The summed E-state index contributed by atoms with van der Waals surface area (Å²) in [5.74, 6) is 0.961. The van der Waals surface area contributed by atoms with Crippen LogP contribution < -0.4 is 10.6 Å². The van der Waals surface area contributed by atoms with Crippen LogP contribution in [0.15, 0.2) is 28.8 Å². The maximum absolute atomic E-state index is 12.2. The van der Waals surface area contributed by atoms with Crippen molar-refractivity contribution in [3.63, 3.8) is 0 Å². The lowest BCUT2D eigenvalue weighted by Gasteiger charge is -2.12. The second-order valence-corrected chi connectivity index (χ2v) is 4.83. The first-order valence-corrected chi connectivity index (χ1v) is 6.68. The Kier molecular flexibility index (Phi) is 3.47. The third-order valence-electron chi connectivity index (χ3n) is 3.32. The van der Waals surface area contributed by atoms with Gasteiger partial charge in [-0.15, -0.1) is 0 Å². The maximum atomic E-state index is 12.2. The number of nitrogens with zero attached hydrogens (tertiary/aromatic N) is 2. The molecule has 2 heterocycles. The van der Waals surface area contributed by atoms with Crippen LogP contribution in [0.4, 0.5) is 5.69 Å². The van der Waals surface area contributed by atoms with E-state index in [1.165, 1.54) is 0 Å². The van der Waals surface area contributed by atoms with Crippen LogP contribution in [0, 0.1) is 6.92 Å². The Hall–Kier alpha value is -2.21. The van der Waals surface area contributed by atoms with Crippen LogP contribution in [0.3, 0.4) is 0 Å². The molecule has 6 heteroatoms. The van der Waals surface area contributed by atoms with E-state index in [1.54, 1.807) is 6.92 Å². The minimum atomic E-state index is -0.118. The predicted octanol–water partition coefficient (Wildman–Crippen LogP) is 1.74. The second-order valence-electron chi connectivity index (χ2n) is 4.83. The summed E-state index contributed by atoms with van der Waals surface area (Å²) in [5.41, 5.74) is 1.43. The molecule has 1 aromatic heterocycles. The third kappa shape index (κ3) is 2.55. The van der Waals surface area contributed by atoms with Crippen LogP contribution in [-0.2, 0) is 4.79 Å². The lowest BCUT2D eigenvalue weighted by atomic mass is 10.1. The molecule has 6 nitrogen and oxygen atoms in total. The molecule has 3 rings (SSSR count). The molecule has 1 saturated heterocycles. The Bertz CT molecular complexity index is 617. The highest BCUT2D eigenvalue weighted by Gasteiger charge is 2.23. The van der Waals surface area contributed by atoms with Gasteiger partial charge >= 0.3 is 0 Å². The Morgan fingerprint density at radius 1 is 1.45 bits per heavy atom. The first-order valence-electron chi connectivity index (χ1n) is 6.68. The summed E-state index contributed by atoms with van der Waals surface area (Å²) >= 11 is 0. The zero-order valence-corrected chi connectivity index (χ0v) is 11.2. The van der Waals surface area contributed by atoms with E-state index in [4.69, 9.17) is 4.52 Å². The van der Waals surface area contributed by atoms with Crippen LogP contribution in [0.1, 0.15) is 18.7 Å². The number of rotatable bonds is 3. The van der Waals surface area contributed by atoms with Gasteiger partial charge in [0, 0.05) is 0 Å². The summed E-state index contributed by atoms with van der Waals surface area (Å²) < 4.78 is 5.17. The molecule has 104 valence electrons. The van der Waals surface area contributed by atoms with E-state index in [1.807, 2.05) is 24.3 Å². The zero-order chi connectivity index (χ0) is 13.9. The molecule has 0 spiro atoms. The van der Waals surface area contributed by atoms with Crippen molar-refractivity contribution in [2.75, 3.05) is 11.9 Å². The van der Waals surface area contributed by atoms with E-state index >= 15 is 0 Å². The average Bonchev–Trinajstić information content (AvgIpc) is 3.10. The number of hydrogen-bond acceptors (Lipinski definition) is 5. The van der Waals surface area contributed by atoms with Gasteiger partial charge in [-0.1, -0.05) is 17.3 Å². The van der Waals surface area contributed by atoms with Crippen LogP contribution in [0.25, 0.3) is 11.5 Å². The molecule has 0 bridgehead atoms. The summed E-state index contributed by atoms with van der Waals surface area (Å²) in [6.07, 6.45) is 1.90. The molecule has 2 aromatic rings. The standard InChI is InChI=1S/C14H16N4O2/c1-9-16-14(20-18-9)10-5-2-3-6-11(10)17-13(19)12-7-4-8-15-12/h2-3,5-6,12,15H,4,7-8H2,1H3,(H,17,19). The van der Waals surface area contributed by atoms with Crippen molar-refractivity contribution in [1.82, 2.24) is 15.5 Å². The minimum absolute atomic E-state index is 0.0220. The maximum Gasteiger partial charge on any atom is 0.260 e. The Morgan fingerprint density at radius 3 is 3.00 bits per heavy atom. The number of carbonyl (C=O) groups excluding carboxylic acids is 1. The van der Waals surface area contributed by atoms with Crippen LogP contribution in [0.5, 0.6) is 0 Å². The Morgan fingerprint density at radius 2 is 2.30 bits per heavy atom. The van der Waals surface area contributed by atoms with Gasteiger partial charge in [-0.25, -0.2) is 0 Å². The van der Waals surface area contributed by atoms with Crippen molar-refractivity contribution in [2.24, 2.45) is 0 Å². The molecule has 1 aliphatic rings.